The van der Waals surface area contributed by atoms with E-state index in [0.29, 0.717) is 38.9 Å². The lowest BCUT2D eigenvalue weighted by atomic mass is 9.99. The molecule has 5 aromatic carbocycles. The third-order valence-electron chi connectivity index (χ3n) is 14.1. The van der Waals surface area contributed by atoms with Gasteiger partial charge < -0.3 is 55.7 Å². The molecule has 1 saturated heterocycles. The monoisotopic (exact) mass is 1230 g/mol. The van der Waals surface area contributed by atoms with Gasteiger partial charge in [0.2, 0.25) is 29.5 Å². The van der Waals surface area contributed by atoms with Gasteiger partial charge in [-0.3, -0.25) is 24.0 Å². The molecule has 6 atom stereocenters. The molecule has 0 radical (unpaired) electrons. The zero-order valence-electron chi connectivity index (χ0n) is 50.4. The van der Waals surface area contributed by atoms with E-state index in [4.69, 9.17) is 42.1 Å². The van der Waals surface area contributed by atoms with Crippen LogP contribution in [0.4, 0.5) is 9.59 Å². The summed E-state index contributed by atoms with van der Waals surface area (Å²) < 4.78 is 22.5. The second kappa shape index (κ2) is 33.7. The van der Waals surface area contributed by atoms with E-state index in [1.54, 1.807) is 101 Å². The SMILES string of the molecule is CC(C)C[C@H](NC(=O)[C@H](CCCNC(=O)OCc1ccccc1)NC(=O)OC(C)(C)C)C(=O)N[C@H](Cc1ccccc1)C(=O)N1CCC[C@H]1C(=O)N[C@H](Cc1ccc(OCc2c(Cl)cccc2Cl)cc1)C(=O)N[C@H](C(=O)OCc1ccccc1)C(C)C. The van der Waals surface area contributed by atoms with Crippen LogP contribution in [-0.4, -0.2) is 108 Å². The zero-order chi connectivity index (χ0) is 63.0. The topological polar surface area (TPSA) is 249 Å². The Morgan fingerprint density at radius 2 is 1.11 bits per heavy atom. The van der Waals surface area contributed by atoms with E-state index in [9.17, 15) is 33.6 Å². The fourth-order valence-electron chi connectivity index (χ4n) is 9.62. The summed E-state index contributed by atoms with van der Waals surface area (Å²) in [6.07, 6.45) is -0.558. The number of nitrogens with zero attached hydrogens (tertiary/aromatic N) is 1. The summed E-state index contributed by atoms with van der Waals surface area (Å²) in [5.41, 5.74) is 2.58. The van der Waals surface area contributed by atoms with Crippen LogP contribution in [0.25, 0.3) is 0 Å². The molecule has 5 aromatic rings. The Bertz CT molecular complexity index is 3060. The van der Waals surface area contributed by atoms with Crippen LogP contribution >= 0.6 is 23.2 Å². The second-order valence-corrected chi connectivity index (χ2v) is 24.0. The fourth-order valence-corrected chi connectivity index (χ4v) is 10.1. The van der Waals surface area contributed by atoms with Crippen molar-refractivity contribution in [2.75, 3.05) is 13.1 Å². The number of carbonyl (C=O) groups excluding carboxylic acids is 8. The minimum Gasteiger partial charge on any atom is -0.489 e. The van der Waals surface area contributed by atoms with Gasteiger partial charge in [0.15, 0.2) is 0 Å². The lowest BCUT2D eigenvalue weighted by molar-refractivity contribution is -0.150. The number of halogens is 2. The number of alkyl carbamates (subject to hydrolysis) is 2. The molecule has 21 heteroatoms. The van der Waals surface area contributed by atoms with E-state index in [-0.39, 0.29) is 77.4 Å². The van der Waals surface area contributed by atoms with Crippen molar-refractivity contribution < 1.29 is 57.3 Å². The summed E-state index contributed by atoms with van der Waals surface area (Å²) in [4.78, 5) is 114. The van der Waals surface area contributed by atoms with Crippen LogP contribution in [0.1, 0.15) is 108 Å². The Labute approximate surface area is 519 Å². The number of benzene rings is 5. The molecule has 1 aliphatic heterocycles. The Morgan fingerprint density at radius 3 is 1.70 bits per heavy atom. The van der Waals surface area contributed by atoms with Crippen molar-refractivity contribution in [2.24, 2.45) is 11.8 Å². The van der Waals surface area contributed by atoms with Crippen molar-refractivity contribution in [3.8, 4) is 5.75 Å². The first kappa shape index (κ1) is 68.0. The Balaban J connectivity index is 1.19. The minimum absolute atomic E-state index is 0.00926. The average Bonchev–Trinajstić information content (AvgIpc) is 2.34. The number of esters is 1. The first-order valence-corrected chi connectivity index (χ1v) is 30.1. The van der Waals surface area contributed by atoms with Crippen molar-refractivity contribution in [3.63, 3.8) is 0 Å². The van der Waals surface area contributed by atoms with Gasteiger partial charge in [0.05, 0.1) is 0 Å². The summed E-state index contributed by atoms with van der Waals surface area (Å²) in [7, 11) is 0. The molecule has 1 fully saturated rings. The maximum absolute atomic E-state index is 15.1. The molecule has 6 N–H and O–H groups in total. The Kier molecular flexibility index (Phi) is 26.3. The van der Waals surface area contributed by atoms with Crippen LogP contribution < -0.4 is 36.6 Å². The lowest BCUT2D eigenvalue weighted by Gasteiger charge is -2.31. The highest BCUT2D eigenvalue weighted by Gasteiger charge is 2.41. The predicted octanol–water partition coefficient (Wildman–Crippen LogP) is 9.33. The third-order valence-corrected chi connectivity index (χ3v) is 14.8. The van der Waals surface area contributed by atoms with Crippen LogP contribution in [0.15, 0.2) is 133 Å². The van der Waals surface area contributed by atoms with Gasteiger partial charge in [-0.25, -0.2) is 14.4 Å². The first-order chi connectivity index (χ1) is 41.5. The number of nitrogens with one attached hydrogen (secondary N) is 6. The van der Waals surface area contributed by atoms with Gasteiger partial charge in [-0.15, -0.1) is 0 Å². The molecule has 87 heavy (non-hydrogen) atoms. The number of carbonyl (C=O) groups is 8. The van der Waals surface area contributed by atoms with E-state index in [2.05, 4.69) is 31.9 Å². The maximum atomic E-state index is 15.1. The van der Waals surface area contributed by atoms with Crippen LogP contribution in [0.5, 0.6) is 5.75 Å². The van der Waals surface area contributed by atoms with Gasteiger partial charge in [0.25, 0.3) is 0 Å². The quantitative estimate of drug-likeness (QED) is 0.0149. The van der Waals surface area contributed by atoms with E-state index in [1.165, 1.54) is 4.90 Å². The molecule has 1 heterocycles. The number of rotatable bonds is 29. The fraction of sp³-hybridized carbons (Fsp3) is 0.424. The smallest absolute Gasteiger partial charge is 0.408 e. The second-order valence-electron chi connectivity index (χ2n) is 23.2. The van der Waals surface area contributed by atoms with Gasteiger partial charge in [-0.1, -0.05) is 160 Å². The Morgan fingerprint density at radius 1 is 0.575 bits per heavy atom. The molecular formula is C66H81Cl2N7O12. The summed E-state index contributed by atoms with van der Waals surface area (Å²) in [5, 5.41) is 17.7. The number of hydrogen-bond donors (Lipinski definition) is 6. The van der Waals surface area contributed by atoms with Crippen LogP contribution in [0.3, 0.4) is 0 Å². The summed E-state index contributed by atoms with van der Waals surface area (Å²) in [6.45, 7) is 12.6. The third kappa shape index (κ3) is 22.6. The van der Waals surface area contributed by atoms with Crippen molar-refractivity contribution >= 4 is 70.9 Å². The van der Waals surface area contributed by atoms with Gasteiger partial charge in [0, 0.05) is 41.5 Å². The van der Waals surface area contributed by atoms with Crippen molar-refractivity contribution in [1.82, 2.24) is 36.8 Å². The molecule has 1 aliphatic rings. The summed E-state index contributed by atoms with van der Waals surface area (Å²) >= 11 is 12.8. The summed E-state index contributed by atoms with van der Waals surface area (Å²) in [5.74, 6) is -4.03. The zero-order valence-corrected chi connectivity index (χ0v) is 51.9. The molecule has 0 unspecified atom stereocenters. The largest absolute Gasteiger partial charge is 0.489 e. The van der Waals surface area contributed by atoms with Gasteiger partial charge >= 0.3 is 18.2 Å². The lowest BCUT2D eigenvalue weighted by Crippen LogP contribution is -2.60. The molecule has 0 aliphatic carbocycles. The highest BCUT2D eigenvalue weighted by Crippen LogP contribution is 2.27. The molecule has 0 aromatic heterocycles. The number of hydrogen-bond acceptors (Lipinski definition) is 12. The summed E-state index contributed by atoms with van der Waals surface area (Å²) in [6, 6.07) is 32.2. The highest BCUT2D eigenvalue weighted by molar-refractivity contribution is 6.36. The molecule has 466 valence electrons. The first-order valence-electron chi connectivity index (χ1n) is 29.4. The van der Waals surface area contributed by atoms with Gasteiger partial charge in [-0.05, 0) is 111 Å². The molecule has 0 saturated carbocycles. The van der Waals surface area contributed by atoms with E-state index in [0.717, 1.165) is 11.1 Å². The Hall–Kier alpha value is -8.16. The van der Waals surface area contributed by atoms with Crippen LogP contribution in [0, 0.1) is 11.8 Å². The minimum atomic E-state index is -1.27. The number of likely N-dealkylation sites (tertiary alicyclic amines) is 1. The van der Waals surface area contributed by atoms with Gasteiger partial charge in [0.1, 0.15) is 67.4 Å². The molecule has 0 bridgehead atoms. The van der Waals surface area contributed by atoms with E-state index >= 15 is 4.79 Å². The van der Waals surface area contributed by atoms with Crippen LogP contribution in [-0.2, 0) is 75.6 Å². The molecule has 7 amide bonds. The highest BCUT2D eigenvalue weighted by atomic mass is 35.5. The van der Waals surface area contributed by atoms with Crippen molar-refractivity contribution in [1.29, 1.82) is 0 Å². The normalized spacial score (nSPS) is 14.7. The standard InChI is InChI=1S/C66H81Cl2N7O12/c1-42(2)36-53(70-58(76)52(73-65(83)87-66(5,6)7)28-18-34-69-64(82)86-40-47-24-15-10-16-25-47)59(77)72-55(38-44-20-11-8-12-21-44)62(80)75-35-19-29-56(75)61(79)71-54(60(78)74-57(43(3)4)63(81)85-39-46-22-13-9-14-23-46)37-45-30-32-48(33-31-45)84-41-49-50(67)26-17-27-51(49)68/h8-17,20-27,30-33,42-43,52-57H,18-19,28-29,34-41H2,1-7H3,(H,69,82)(H,70,76)(H,71,79)(H,72,77)(H,73,83)(H,74,78)/t52-,53-,54+,55+,56-,57-/m0/s1. The average molecular weight is 1240 g/mol. The van der Waals surface area contributed by atoms with Crippen molar-refractivity contribution in [3.05, 3.63) is 171 Å². The molecule has 19 nitrogen and oxygen atoms in total. The van der Waals surface area contributed by atoms with Crippen molar-refractivity contribution in [2.45, 2.75) is 155 Å². The molecule has 0 spiro atoms. The number of amides is 7. The maximum Gasteiger partial charge on any atom is 0.408 e. The molecular weight excluding hydrogens is 1150 g/mol. The van der Waals surface area contributed by atoms with E-state index < -0.39 is 95.5 Å². The number of ether oxygens (including phenoxy) is 4. The predicted molar refractivity (Wildman–Crippen MR) is 331 cm³/mol. The van der Waals surface area contributed by atoms with E-state index in [1.807, 2.05) is 80.6 Å². The molecule has 6 rings (SSSR count). The van der Waals surface area contributed by atoms with Gasteiger partial charge in [-0.2, -0.15) is 0 Å². The van der Waals surface area contributed by atoms with Crippen LogP contribution in [0.2, 0.25) is 10.0 Å².